The van der Waals surface area contributed by atoms with Crippen LogP contribution in [0.1, 0.15) is 22.4 Å². The highest BCUT2D eigenvalue weighted by atomic mass is 16.5. The standard InChI is InChI=1S/C20H19N5O3/c1-13-7-14(12-28-2)17(8-21)20(27)25(13)11-19(26)24-23-10-15-9-22-18-6-4-3-5-16(15)18/h3-7,9-10,22H,11-12H2,1-2H3,(H,24,26)/b23-10-. The summed E-state index contributed by atoms with van der Waals surface area (Å²) in [6, 6.07) is 11.3. The van der Waals surface area contributed by atoms with Crippen molar-refractivity contribution >= 4 is 23.0 Å². The van der Waals surface area contributed by atoms with Crippen LogP contribution < -0.4 is 11.0 Å². The number of hydrogen-bond donors (Lipinski definition) is 2. The molecule has 8 nitrogen and oxygen atoms in total. The van der Waals surface area contributed by atoms with Crippen molar-refractivity contribution in [3.63, 3.8) is 0 Å². The van der Waals surface area contributed by atoms with Gasteiger partial charge in [0.05, 0.1) is 12.8 Å². The van der Waals surface area contributed by atoms with E-state index in [0.717, 1.165) is 16.5 Å². The molecule has 0 radical (unpaired) electrons. The summed E-state index contributed by atoms with van der Waals surface area (Å²) in [5, 5.41) is 14.2. The highest BCUT2D eigenvalue weighted by molar-refractivity contribution is 5.99. The number of fused-ring (bicyclic) bond motifs is 1. The largest absolute Gasteiger partial charge is 0.380 e. The molecule has 8 heteroatoms. The van der Waals surface area contributed by atoms with Crippen LogP contribution in [-0.4, -0.2) is 28.8 Å². The fourth-order valence-electron chi connectivity index (χ4n) is 2.97. The van der Waals surface area contributed by atoms with E-state index in [0.29, 0.717) is 11.3 Å². The summed E-state index contributed by atoms with van der Waals surface area (Å²) in [5.74, 6) is -0.468. The highest BCUT2D eigenvalue weighted by Crippen LogP contribution is 2.15. The topological polar surface area (TPSA) is 112 Å². The first-order valence-corrected chi connectivity index (χ1v) is 8.55. The first-order valence-electron chi connectivity index (χ1n) is 8.55. The van der Waals surface area contributed by atoms with Crippen molar-refractivity contribution in [3.8, 4) is 6.07 Å². The molecule has 0 fully saturated rings. The van der Waals surface area contributed by atoms with Gasteiger partial charge in [0.25, 0.3) is 11.5 Å². The molecule has 0 bridgehead atoms. The molecule has 2 aromatic heterocycles. The molecule has 0 saturated carbocycles. The Kier molecular flexibility index (Phi) is 5.67. The Hall–Kier alpha value is -3.70. The van der Waals surface area contributed by atoms with Gasteiger partial charge >= 0.3 is 0 Å². The van der Waals surface area contributed by atoms with Gasteiger partial charge < -0.3 is 14.3 Å². The minimum atomic E-state index is -0.523. The number of nitrogens with one attached hydrogen (secondary N) is 2. The molecule has 0 spiro atoms. The number of para-hydroxylation sites is 1. The van der Waals surface area contributed by atoms with Crippen LogP contribution in [0, 0.1) is 18.3 Å². The summed E-state index contributed by atoms with van der Waals surface area (Å²) in [6.07, 6.45) is 3.33. The molecule has 3 rings (SSSR count). The zero-order valence-corrected chi connectivity index (χ0v) is 15.5. The number of amides is 1. The lowest BCUT2D eigenvalue weighted by Gasteiger charge is -2.12. The minimum absolute atomic E-state index is 0.0254. The molecule has 0 unspecified atom stereocenters. The summed E-state index contributed by atoms with van der Waals surface area (Å²) in [4.78, 5) is 27.9. The van der Waals surface area contributed by atoms with Crippen LogP contribution in [0.2, 0.25) is 0 Å². The summed E-state index contributed by atoms with van der Waals surface area (Å²) in [5.41, 5.74) is 4.73. The molecule has 0 aliphatic heterocycles. The predicted octanol–water partition coefficient (Wildman–Crippen LogP) is 1.81. The van der Waals surface area contributed by atoms with E-state index in [2.05, 4.69) is 15.5 Å². The molecular weight excluding hydrogens is 358 g/mol. The molecule has 142 valence electrons. The van der Waals surface area contributed by atoms with Gasteiger partial charge in [0.2, 0.25) is 0 Å². The smallest absolute Gasteiger partial charge is 0.269 e. The molecule has 0 saturated heterocycles. The third kappa shape index (κ3) is 3.84. The van der Waals surface area contributed by atoms with Crippen molar-refractivity contribution in [2.75, 3.05) is 7.11 Å². The molecular formula is C20H19N5O3. The van der Waals surface area contributed by atoms with Crippen LogP contribution in [0.5, 0.6) is 0 Å². The number of carbonyl (C=O) groups excluding carboxylic acids is 1. The lowest BCUT2D eigenvalue weighted by Crippen LogP contribution is -2.33. The lowest BCUT2D eigenvalue weighted by molar-refractivity contribution is -0.121. The van der Waals surface area contributed by atoms with Crippen molar-refractivity contribution in [3.05, 3.63) is 69.3 Å². The van der Waals surface area contributed by atoms with Gasteiger partial charge in [0.15, 0.2) is 0 Å². The maximum atomic E-state index is 12.5. The van der Waals surface area contributed by atoms with Crippen LogP contribution in [0.25, 0.3) is 10.9 Å². The number of nitrogens with zero attached hydrogens (tertiary/aromatic N) is 3. The SMILES string of the molecule is COCc1cc(C)n(CC(=O)N/N=C\c2c[nH]c3ccccc23)c(=O)c1C#N. The number of methoxy groups -OCH3 is 1. The second-order valence-corrected chi connectivity index (χ2v) is 6.20. The molecule has 0 atom stereocenters. The van der Waals surface area contributed by atoms with Crippen molar-refractivity contribution < 1.29 is 9.53 Å². The molecule has 2 N–H and O–H groups in total. The number of hydrazone groups is 1. The van der Waals surface area contributed by atoms with E-state index in [1.54, 1.807) is 19.2 Å². The summed E-state index contributed by atoms with van der Waals surface area (Å²) in [7, 11) is 1.49. The third-order valence-electron chi connectivity index (χ3n) is 4.32. The maximum Gasteiger partial charge on any atom is 0.269 e. The van der Waals surface area contributed by atoms with Gasteiger partial charge in [-0.25, -0.2) is 5.43 Å². The van der Waals surface area contributed by atoms with E-state index in [-0.39, 0.29) is 18.7 Å². The van der Waals surface area contributed by atoms with Crippen molar-refractivity contribution in [1.82, 2.24) is 15.0 Å². The molecule has 1 aromatic carbocycles. The first-order chi connectivity index (χ1) is 13.5. The summed E-state index contributed by atoms with van der Waals surface area (Å²) >= 11 is 0. The number of nitriles is 1. The quantitative estimate of drug-likeness (QED) is 0.504. The minimum Gasteiger partial charge on any atom is -0.380 e. The van der Waals surface area contributed by atoms with Gasteiger partial charge in [-0.3, -0.25) is 9.59 Å². The number of benzene rings is 1. The van der Waals surface area contributed by atoms with Gasteiger partial charge in [-0.05, 0) is 19.1 Å². The molecule has 28 heavy (non-hydrogen) atoms. The summed E-state index contributed by atoms with van der Waals surface area (Å²) < 4.78 is 6.26. The number of pyridine rings is 1. The molecule has 0 aliphatic carbocycles. The van der Waals surface area contributed by atoms with E-state index in [1.807, 2.05) is 30.3 Å². The van der Waals surface area contributed by atoms with Crippen LogP contribution in [0.15, 0.2) is 46.4 Å². The Morgan fingerprint density at radius 1 is 1.43 bits per heavy atom. The molecule has 0 aliphatic rings. The van der Waals surface area contributed by atoms with Gasteiger partial charge in [-0.2, -0.15) is 10.4 Å². The third-order valence-corrected chi connectivity index (χ3v) is 4.32. The molecule has 3 aromatic rings. The number of carbonyl (C=O) groups is 1. The van der Waals surface area contributed by atoms with E-state index < -0.39 is 11.5 Å². The van der Waals surface area contributed by atoms with Gasteiger partial charge in [0, 0.05) is 41.0 Å². The Balaban J connectivity index is 1.75. The number of rotatable bonds is 6. The van der Waals surface area contributed by atoms with Crippen molar-refractivity contribution in [2.45, 2.75) is 20.1 Å². The fourth-order valence-corrected chi connectivity index (χ4v) is 2.97. The second-order valence-electron chi connectivity index (χ2n) is 6.20. The Morgan fingerprint density at radius 3 is 2.96 bits per heavy atom. The van der Waals surface area contributed by atoms with Gasteiger partial charge in [-0.1, -0.05) is 18.2 Å². The molecule has 1 amide bonds. The summed E-state index contributed by atoms with van der Waals surface area (Å²) in [6.45, 7) is 1.61. The first kappa shape index (κ1) is 19.1. The number of aryl methyl sites for hydroxylation is 1. The zero-order valence-electron chi connectivity index (χ0n) is 15.5. The maximum absolute atomic E-state index is 12.5. The van der Waals surface area contributed by atoms with E-state index in [9.17, 15) is 14.9 Å². The highest BCUT2D eigenvalue weighted by Gasteiger charge is 2.14. The average molecular weight is 377 g/mol. The number of aromatic nitrogens is 2. The van der Waals surface area contributed by atoms with E-state index in [1.165, 1.54) is 17.9 Å². The predicted molar refractivity (Wildman–Crippen MR) is 105 cm³/mol. The number of H-pyrrole nitrogens is 1. The number of ether oxygens (including phenoxy) is 1. The fraction of sp³-hybridized carbons (Fsp3) is 0.200. The van der Waals surface area contributed by atoms with Crippen molar-refractivity contribution in [2.24, 2.45) is 5.10 Å². The van der Waals surface area contributed by atoms with Crippen LogP contribution >= 0.6 is 0 Å². The Bertz CT molecular complexity index is 1150. The van der Waals surface area contributed by atoms with E-state index >= 15 is 0 Å². The Morgan fingerprint density at radius 2 is 2.21 bits per heavy atom. The van der Waals surface area contributed by atoms with Gasteiger partial charge in [0.1, 0.15) is 18.2 Å². The van der Waals surface area contributed by atoms with Gasteiger partial charge in [-0.15, -0.1) is 0 Å². The monoisotopic (exact) mass is 377 g/mol. The zero-order chi connectivity index (χ0) is 20.1. The number of hydrogen-bond acceptors (Lipinski definition) is 5. The second kappa shape index (κ2) is 8.33. The van der Waals surface area contributed by atoms with E-state index in [4.69, 9.17) is 4.74 Å². The van der Waals surface area contributed by atoms with Crippen molar-refractivity contribution in [1.29, 1.82) is 5.26 Å². The van der Waals surface area contributed by atoms with Crippen LogP contribution in [0.3, 0.4) is 0 Å². The van der Waals surface area contributed by atoms with Crippen LogP contribution in [-0.2, 0) is 22.7 Å². The number of aromatic amines is 1. The average Bonchev–Trinajstić information content (AvgIpc) is 3.09. The van der Waals surface area contributed by atoms with Crippen LogP contribution in [0.4, 0.5) is 0 Å². The lowest BCUT2D eigenvalue weighted by atomic mass is 10.1. The Labute approximate surface area is 161 Å². The normalized spacial score (nSPS) is 11.0. The molecule has 2 heterocycles.